The summed E-state index contributed by atoms with van der Waals surface area (Å²) in [5, 5.41) is -0.115. The molecule has 24 heavy (non-hydrogen) atoms. The van der Waals surface area contributed by atoms with Gasteiger partial charge in [0.25, 0.3) is 11.1 Å². The van der Waals surface area contributed by atoms with Crippen LogP contribution in [0.2, 0.25) is 0 Å². The first kappa shape index (κ1) is 17.3. The summed E-state index contributed by atoms with van der Waals surface area (Å²) in [5.41, 5.74) is 2.25. The summed E-state index contributed by atoms with van der Waals surface area (Å²) in [6, 6.07) is 8.21. The molecule has 1 aliphatic heterocycles. The van der Waals surface area contributed by atoms with Gasteiger partial charge in [-0.1, -0.05) is 57.4 Å². The zero-order valence-corrected chi connectivity index (χ0v) is 15.3. The molecule has 4 heteroatoms. The van der Waals surface area contributed by atoms with Crippen molar-refractivity contribution >= 4 is 29.0 Å². The predicted molar refractivity (Wildman–Crippen MR) is 99.8 cm³/mol. The maximum absolute atomic E-state index is 12.6. The largest absolute Gasteiger partial charge is 0.293 e. The average molecular weight is 343 g/mol. The van der Waals surface area contributed by atoms with Gasteiger partial charge in [-0.3, -0.25) is 14.5 Å². The van der Waals surface area contributed by atoms with Gasteiger partial charge in [-0.05, 0) is 53.6 Å². The van der Waals surface area contributed by atoms with Crippen LogP contribution in [0, 0.1) is 5.92 Å². The van der Waals surface area contributed by atoms with Gasteiger partial charge >= 0.3 is 0 Å². The molecule has 128 valence electrons. The Labute approximate surface area is 148 Å². The third-order valence-corrected chi connectivity index (χ3v) is 5.85. The predicted octanol–water partition coefficient (Wildman–Crippen LogP) is 5.43. The molecule has 2 amide bonds. The highest BCUT2D eigenvalue weighted by Crippen LogP contribution is 2.34. The van der Waals surface area contributed by atoms with Gasteiger partial charge in [0.15, 0.2) is 0 Å². The summed E-state index contributed by atoms with van der Waals surface area (Å²) in [6.07, 6.45) is 7.84. The Kier molecular flexibility index (Phi) is 5.44. The van der Waals surface area contributed by atoms with E-state index in [1.807, 2.05) is 18.2 Å². The first-order valence-corrected chi connectivity index (χ1v) is 9.71. The fourth-order valence-corrected chi connectivity index (χ4v) is 4.26. The molecular formula is C20H25NO2S. The minimum absolute atomic E-state index is 0.115. The van der Waals surface area contributed by atoms with E-state index in [0.717, 1.165) is 30.2 Å². The zero-order chi connectivity index (χ0) is 17.1. The van der Waals surface area contributed by atoms with Gasteiger partial charge in [-0.25, -0.2) is 0 Å². The van der Waals surface area contributed by atoms with Crippen LogP contribution < -0.4 is 0 Å². The zero-order valence-electron chi connectivity index (χ0n) is 14.5. The number of amides is 2. The summed E-state index contributed by atoms with van der Waals surface area (Å²) in [4.78, 5) is 26.8. The number of hydrogen-bond acceptors (Lipinski definition) is 3. The Morgan fingerprint density at radius 1 is 1.12 bits per heavy atom. The van der Waals surface area contributed by atoms with Gasteiger partial charge in [0.05, 0.1) is 4.91 Å². The van der Waals surface area contributed by atoms with Crippen LogP contribution in [0.1, 0.15) is 63.0 Å². The molecule has 0 bridgehead atoms. The molecule has 3 rings (SSSR count). The monoisotopic (exact) mass is 343 g/mol. The highest BCUT2D eigenvalue weighted by Gasteiger charge is 2.36. The van der Waals surface area contributed by atoms with Crippen molar-refractivity contribution in [2.75, 3.05) is 6.54 Å². The molecule has 1 aromatic rings. The Balaban J connectivity index is 1.70. The van der Waals surface area contributed by atoms with Crippen LogP contribution in [0.5, 0.6) is 0 Å². The minimum atomic E-state index is -0.122. The van der Waals surface area contributed by atoms with Crippen molar-refractivity contribution in [1.82, 2.24) is 4.90 Å². The van der Waals surface area contributed by atoms with E-state index in [9.17, 15) is 9.59 Å². The molecule has 0 spiro atoms. The van der Waals surface area contributed by atoms with Crippen molar-refractivity contribution in [3.63, 3.8) is 0 Å². The molecule has 0 atom stereocenters. The molecule has 1 aromatic carbocycles. The molecule has 1 saturated heterocycles. The van der Waals surface area contributed by atoms with E-state index in [0.29, 0.717) is 23.3 Å². The van der Waals surface area contributed by atoms with E-state index in [4.69, 9.17) is 0 Å². The topological polar surface area (TPSA) is 37.4 Å². The van der Waals surface area contributed by atoms with E-state index in [1.165, 1.54) is 29.7 Å². The molecule has 2 fully saturated rings. The van der Waals surface area contributed by atoms with E-state index in [1.54, 1.807) is 0 Å². The quantitative estimate of drug-likeness (QED) is 0.684. The molecule has 0 N–H and O–H groups in total. The second kappa shape index (κ2) is 7.56. The number of imide groups is 1. The summed E-state index contributed by atoms with van der Waals surface area (Å²) in [7, 11) is 0. The van der Waals surface area contributed by atoms with E-state index in [2.05, 4.69) is 26.0 Å². The molecule has 0 radical (unpaired) electrons. The lowest BCUT2D eigenvalue weighted by molar-refractivity contribution is -0.123. The molecular weight excluding hydrogens is 318 g/mol. The van der Waals surface area contributed by atoms with Crippen molar-refractivity contribution in [3.05, 3.63) is 40.3 Å². The van der Waals surface area contributed by atoms with Crippen LogP contribution in [-0.4, -0.2) is 22.6 Å². The maximum atomic E-state index is 12.6. The Hall–Kier alpha value is -1.55. The lowest BCUT2D eigenvalue weighted by atomic mass is 9.89. The van der Waals surface area contributed by atoms with Gasteiger partial charge in [0, 0.05) is 6.54 Å². The number of carbonyl (C=O) groups is 2. The minimum Gasteiger partial charge on any atom is -0.268 e. The van der Waals surface area contributed by atoms with Crippen LogP contribution in [-0.2, 0) is 4.79 Å². The fraction of sp³-hybridized carbons (Fsp3) is 0.500. The van der Waals surface area contributed by atoms with Crippen molar-refractivity contribution < 1.29 is 9.59 Å². The Bertz CT molecular complexity index is 642. The van der Waals surface area contributed by atoms with Gasteiger partial charge in [-0.2, -0.15) is 0 Å². The van der Waals surface area contributed by atoms with Crippen LogP contribution in [0.3, 0.4) is 0 Å². The van der Waals surface area contributed by atoms with Gasteiger partial charge < -0.3 is 0 Å². The highest BCUT2D eigenvalue weighted by molar-refractivity contribution is 8.18. The number of rotatable bonds is 4. The maximum Gasteiger partial charge on any atom is 0.293 e. The van der Waals surface area contributed by atoms with Crippen LogP contribution >= 0.6 is 11.8 Å². The fourth-order valence-electron chi connectivity index (χ4n) is 3.41. The van der Waals surface area contributed by atoms with E-state index >= 15 is 0 Å². The number of nitrogens with zero attached hydrogens (tertiary/aromatic N) is 1. The lowest BCUT2D eigenvalue weighted by Gasteiger charge is -2.25. The van der Waals surface area contributed by atoms with E-state index in [-0.39, 0.29) is 11.1 Å². The normalized spacial score (nSPS) is 21.3. The average Bonchev–Trinajstić information content (AvgIpc) is 2.84. The first-order valence-electron chi connectivity index (χ1n) is 8.90. The van der Waals surface area contributed by atoms with Crippen molar-refractivity contribution in [2.24, 2.45) is 5.92 Å². The van der Waals surface area contributed by atoms with Gasteiger partial charge in [-0.15, -0.1) is 0 Å². The van der Waals surface area contributed by atoms with Crippen LogP contribution in [0.4, 0.5) is 4.79 Å². The van der Waals surface area contributed by atoms with Gasteiger partial charge in [0.2, 0.25) is 0 Å². The summed E-state index contributed by atoms with van der Waals surface area (Å²) in [6.45, 7) is 4.91. The van der Waals surface area contributed by atoms with Crippen LogP contribution in [0.25, 0.3) is 6.08 Å². The Morgan fingerprint density at radius 2 is 1.79 bits per heavy atom. The molecule has 0 aromatic heterocycles. The third-order valence-electron chi connectivity index (χ3n) is 4.94. The van der Waals surface area contributed by atoms with E-state index < -0.39 is 0 Å². The first-order chi connectivity index (χ1) is 11.5. The lowest BCUT2D eigenvalue weighted by Crippen LogP contribution is -2.34. The number of thioether (sulfide) groups is 1. The second-order valence-corrected chi connectivity index (χ2v) is 8.11. The second-order valence-electron chi connectivity index (χ2n) is 7.12. The molecule has 1 aliphatic carbocycles. The third kappa shape index (κ3) is 3.92. The summed E-state index contributed by atoms with van der Waals surface area (Å²) in [5.74, 6) is 0.849. The number of carbonyl (C=O) groups excluding carboxylic acids is 2. The van der Waals surface area contributed by atoms with Crippen molar-refractivity contribution in [2.45, 2.75) is 51.9 Å². The van der Waals surface area contributed by atoms with Crippen molar-refractivity contribution in [1.29, 1.82) is 0 Å². The molecule has 1 heterocycles. The molecule has 1 saturated carbocycles. The highest BCUT2D eigenvalue weighted by atomic mass is 32.2. The number of benzene rings is 1. The molecule has 3 nitrogen and oxygen atoms in total. The summed E-state index contributed by atoms with van der Waals surface area (Å²) < 4.78 is 0. The Morgan fingerprint density at radius 3 is 2.42 bits per heavy atom. The van der Waals surface area contributed by atoms with Gasteiger partial charge in [0.1, 0.15) is 0 Å². The standard InChI is InChI=1S/C20H25NO2S/c1-14(2)17-10-8-15(9-11-17)12-18-19(22)21(20(23)24-18)13-16-6-4-3-5-7-16/h8-12,14,16H,3-7,13H2,1-2H3/b18-12+. The van der Waals surface area contributed by atoms with Crippen LogP contribution in [0.15, 0.2) is 29.2 Å². The SMILES string of the molecule is CC(C)c1ccc(/C=C2/SC(=O)N(CC3CCCCC3)C2=O)cc1. The summed E-state index contributed by atoms with van der Waals surface area (Å²) >= 11 is 1.07. The smallest absolute Gasteiger partial charge is 0.268 e. The molecule has 2 aliphatic rings. The molecule has 0 unspecified atom stereocenters. The number of hydrogen-bond donors (Lipinski definition) is 0. The van der Waals surface area contributed by atoms with Crippen molar-refractivity contribution in [3.8, 4) is 0 Å².